The molecule has 3 rings (SSSR count). The van der Waals surface area contributed by atoms with Gasteiger partial charge in [0.25, 0.3) is 0 Å². The van der Waals surface area contributed by atoms with E-state index in [9.17, 15) is 14.4 Å². The third-order valence-electron chi connectivity index (χ3n) is 5.53. The molecule has 1 aliphatic rings. The SMILES string of the molecule is CC(C)(C)[C@H](NC(=O)OCC1c2ccccc2-c2ccccc21)C(=O)NC(CO)C(=O)O. The molecule has 2 aromatic rings. The predicted octanol–water partition coefficient (Wildman–Crippen LogP) is 2.50. The van der Waals surface area contributed by atoms with Crippen LogP contribution >= 0.6 is 0 Å². The number of alkyl carbamates (subject to hydrolysis) is 1. The van der Waals surface area contributed by atoms with Gasteiger partial charge >= 0.3 is 12.1 Å². The van der Waals surface area contributed by atoms with Crippen LogP contribution in [0.4, 0.5) is 4.79 Å². The second-order valence-electron chi connectivity index (χ2n) is 8.85. The van der Waals surface area contributed by atoms with Crippen molar-refractivity contribution >= 4 is 18.0 Å². The zero-order valence-electron chi connectivity index (χ0n) is 18.3. The van der Waals surface area contributed by atoms with E-state index < -0.39 is 42.1 Å². The van der Waals surface area contributed by atoms with Gasteiger partial charge in [0.05, 0.1) is 6.61 Å². The Morgan fingerprint density at radius 3 is 1.97 bits per heavy atom. The van der Waals surface area contributed by atoms with E-state index in [1.807, 2.05) is 48.5 Å². The number of hydrogen-bond donors (Lipinski definition) is 4. The van der Waals surface area contributed by atoms with Crippen molar-refractivity contribution in [3.05, 3.63) is 59.7 Å². The molecule has 2 amide bonds. The predicted molar refractivity (Wildman–Crippen MR) is 118 cm³/mol. The monoisotopic (exact) mass is 440 g/mol. The van der Waals surface area contributed by atoms with Gasteiger partial charge in [0.15, 0.2) is 0 Å². The van der Waals surface area contributed by atoms with Crippen LogP contribution in [0.2, 0.25) is 0 Å². The van der Waals surface area contributed by atoms with E-state index in [4.69, 9.17) is 14.9 Å². The summed E-state index contributed by atoms with van der Waals surface area (Å²) in [7, 11) is 0. The molecule has 1 unspecified atom stereocenters. The Bertz CT molecular complexity index is 968. The molecule has 2 atom stereocenters. The fourth-order valence-corrected chi connectivity index (χ4v) is 3.87. The number of carboxylic acid groups (broad SMARTS) is 1. The number of benzene rings is 2. The number of ether oxygens (including phenoxy) is 1. The van der Waals surface area contributed by atoms with E-state index in [0.29, 0.717) is 0 Å². The van der Waals surface area contributed by atoms with Crippen LogP contribution in [0.3, 0.4) is 0 Å². The summed E-state index contributed by atoms with van der Waals surface area (Å²) in [5.74, 6) is -2.21. The van der Waals surface area contributed by atoms with Crippen molar-refractivity contribution in [1.82, 2.24) is 10.6 Å². The third-order valence-corrected chi connectivity index (χ3v) is 5.53. The summed E-state index contributed by atoms with van der Waals surface area (Å²) >= 11 is 0. The highest BCUT2D eigenvalue weighted by atomic mass is 16.5. The zero-order chi connectivity index (χ0) is 23.5. The Balaban J connectivity index is 1.70. The van der Waals surface area contributed by atoms with Crippen LogP contribution < -0.4 is 10.6 Å². The molecule has 0 heterocycles. The fraction of sp³-hybridized carbons (Fsp3) is 0.375. The van der Waals surface area contributed by atoms with Crippen molar-refractivity contribution in [2.75, 3.05) is 13.2 Å². The van der Waals surface area contributed by atoms with Crippen LogP contribution in [0.25, 0.3) is 11.1 Å². The lowest BCUT2D eigenvalue weighted by molar-refractivity contribution is -0.143. The van der Waals surface area contributed by atoms with Crippen LogP contribution in [0.15, 0.2) is 48.5 Å². The van der Waals surface area contributed by atoms with Crippen molar-refractivity contribution in [3.63, 3.8) is 0 Å². The standard InChI is InChI=1S/C24H28N2O6/c1-24(2,3)20(21(28)25-19(12-27)22(29)30)26-23(31)32-13-18-16-10-6-4-8-14(16)15-9-5-7-11-17(15)18/h4-11,18-20,27H,12-13H2,1-3H3,(H,25,28)(H,26,31)(H,29,30)/t19?,20-/m1/s1. The molecule has 2 aromatic carbocycles. The first-order valence-electron chi connectivity index (χ1n) is 10.4. The van der Waals surface area contributed by atoms with E-state index in [1.54, 1.807) is 20.8 Å². The van der Waals surface area contributed by atoms with Crippen LogP contribution in [-0.4, -0.2) is 53.5 Å². The fourth-order valence-electron chi connectivity index (χ4n) is 3.87. The average Bonchev–Trinajstić information content (AvgIpc) is 3.07. The maximum atomic E-state index is 12.6. The lowest BCUT2D eigenvalue weighted by Crippen LogP contribution is -2.57. The number of carbonyl (C=O) groups excluding carboxylic acids is 2. The highest BCUT2D eigenvalue weighted by Gasteiger charge is 2.36. The van der Waals surface area contributed by atoms with E-state index in [2.05, 4.69) is 10.6 Å². The van der Waals surface area contributed by atoms with Gasteiger partial charge in [0.2, 0.25) is 5.91 Å². The van der Waals surface area contributed by atoms with Gasteiger partial charge in [0, 0.05) is 5.92 Å². The van der Waals surface area contributed by atoms with Crippen molar-refractivity contribution in [3.8, 4) is 11.1 Å². The molecule has 0 spiro atoms. The molecule has 0 radical (unpaired) electrons. The largest absolute Gasteiger partial charge is 0.480 e. The summed E-state index contributed by atoms with van der Waals surface area (Å²) in [5.41, 5.74) is 3.62. The summed E-state index contributed by atoms with van der Waals surface area (Å²) in [5, 5.41) is 23.0. The number of nitrogens with one attached hydrogen (secondary N) is 2. The Labute approximate surface area is 186 Å². The van der Waals surface area contributed by atoms with E-state index in [0.717, 1.165) is 22.3 Å². The molecular weight excluding hydrogens is 412 g/mol. The molecule has 0 aliphatic heterocycles. The maximum absolute atomic E-state index is 12.6. The molecule has 0 saturated carbocycles. The second kappa shape index (κ2) is 9.40. The molecule has 1 aliphatic carbocycles. The number of carbonyl (C=O) groups is 3. The molecule has 0 aromatic heterocycles. The Morgan fingerprint density at radius 1 is 0.969 bits per heavy atom. The second-order valence-corrected chi connectivity index (χ2v) is 8.85. The Hall–Kier alpha value is -3.39. The Kier molecular flexibility index (Phi) is 6.84. The molecule has 0 saturated heterocycles. The summed E-state index contributed by atoms with van der Waals surface area (Å²) in [4.78, 5) is 36.4. The number of rotatable bonds is 7. The van der Waals surface area contributed by atoms with Crippen molar-refractivity contribution < 1.29 is 29.3 Å². The molecule has 0 fully saturated rings. The van der Waals surface area contributed by atoms with Gasteiger partial charge in [0.1, 0.15) is 18.7 Å². The smallest absolute Gasteiger partial charge is 0.407 e. The van der Waals surface area contributed by atoms with E-state index >= 15 is 0 Å². The number of carboxylic acids is 1. The Morgan fingerprint density at radius 2 is 1.50 bits per heavy atom. The zero-order valence-corrected chi connectivity index (χ0v) is 18.3. The minimum atomic E-state index is -1.46. The summed E-state index contributed by atoms with van der Waals surface area (Å²) in [6.07, 6.45) is -0.780. The van der Waals surface area contributed by atoms with Gasteiger partial charge in [-0.25, -0.2) is 9.59 Å². The number of fused-ring (bicyclic) bond motifs is 3. The van der Waals surface area contributed by atoms with Crippen LogP contribution in [0, 0.1) is 5.41 Å². The van der Waals surface area contributed by atoms with Gasteiger partial charge < -0.3 is 25.6 Å². The third kappa shape index (κ3) is 4.91. The van der Waals surface area contributed by atoms with Crippen LogP contribution in [0.1, 0.15) is 37.8 Å². The molecule has 0 bridgehead atoms. The minimum Gasteiger partial charge on any atom is -0.480 e. The van der Waals surface area contributed by atoms with Gasteiger partial charge in [-0.1, -0.05) is 69.3 Å². The summed E-state index contributed by atoms with van der Waals surface area (Å²) < 4.78 is 5.50. The highest BCUT2D eigenvalue weighted by Crippen LogP contribution is 2.44. The van der Waals surface area contributed by atoms with Gasteiger partial charge in [-0.15, -0.1) is 0 Å². The summed E-state index contributed by atoms with van der Waals surface area (Å²) in [6.45, 7) is 4.52. The maximum Gasteiger partial charge on any atom is 0.407 e. The topological polar surface area (TPSA) is 125 Å². The van der Waals surface area contributed by atoms with Crippen LogP contribution in [-0.2, 0) is 14.3 Å². The van der Waals surface area contributed by atoms with Crippen molar-refractivity contribution in [2.24, 2.45) is 5.41 Å². The first kappa shape index (κ1) is 23.3. The first-order valence-corrected chi connectivity index (χ1v) is 10.4. The number of hydrogen-bond acceptors (Lipinski definition) is 5. The highest BCUT2D eigenvalue weighted by molar-refractivity contribution is 5.90. The quantitative estimate of drug-likeness (QED) is 0.524. The molecule has 32 heavy (non-hydrogen) atoms. The number of aliphatic hydroxyl groups is 1. The minimum absolute atomic E-state index is 0.0900. The van der Waals surface area contributed by atoms with Gasteiger partial charge in [-0.2, -0.15) is 0 Å². The first-order chi connectivity index (χ1) is 15.1. The van der Waals surface area contributed by atoms with Crippen molar-refractivity contribution in [1.29, 1.82) is 0 Å². The lowest BCUT2D eigenvalue weighted by atomic mass is 9.86. The molecule has 8 heteroatoms. The lowest BCUT2D eigenvalue weighted by Gasteiger charge is -2.31. The number of amides is 2. The van der Waals surface area contributed by atoms with E-state index in [-0.39, 0.29) is 12.5 Å². The molecule has 4 N–H and O–H groups in total. The van der Waals surface area contributed by atoms with Gasteiger partial charge in [-0.3, -0.25) is 4.79 Å². The number of aliphatic hydroxyl groups excluding tert-OH is 1. The molecular formula is C24H28N2O6. The average molecular weight is 440 g/mol. The number of aliphatic carboxylic acids is 1. The normalized spacial score (nSPS) is 14.6. The van der Waals surface area contributed by atoms with Gasteiger partial charge in [-0.05, 0) is 27.7 Å². The summed E-state index contributed by atoms with van der Waals surface area (Å²) in [6, 6.07) is 13.4. The van der Waals surface area contributed by atoms with E-state index in [1.165, 1.54) is 0 Å². The van der Waals surface area contributed by atoms with Crippen molar-refractivity contribution in [2.45, 2.75) is 38.8 Å². The van der Waals surface area contributed by atoms with Crippen LogP contribution in [0.5, 0.6) is 0 Å². The molecule has 170 valence electrons. The molecule has 8 nitrogen and oxygen atoms in total.